The number of carbonyl (C=O) groups excluding carboxylic acids is 1. The van der Waals surface area contributed by atoms with Gasteiger partial charge in [-0.1, -0.05) is 6.07 Å². The van der Waals surface area contributed by atoms with E-state index >= 15 is 0 Å². The molecule has 0 radical (unpaired) electrons. The molecule has 29 heavy (non-hydrogen) atoms. The second-order valence-corrected chi connectivity index (χ2v) is 6.45. The van der Waals surface area contributed by atoms with Crippen molar-refractivity contribution in [3.8, 4) is 17.2 Å². The molecular formula is C22H24N2O5. The molecule has 0 unspecified atom stereocenters. The number of aromatic nitrogens is 1. The standard InChI is InChI=1S/C22H24N2O5/c1-15-7-8-18(29-15)14-24(13-16-6-5-9-23-12-16)22(25)17-10-19(26-2)21(28-4)20(11-17)27-3/h5-12H,13-14H2,1-4H3. The number of ether oxygens (including phenoxy) is 3. The number of carbonyl (C=O) groups is 1. The number of methoxy groups -OCH3 is 3. The molecule has 0 aliphatic heterocycles. The van der Waals surface area contributed by atoms with E-state index in [-0.39, 0.29) is 5.91 Å². The summed E-state index contributed by atoms with van der Waals surface area (Å²) in [5.41, 5.74) is 1.34. The maximum atomic E-state index is 13.4. The van der Waals surface area contributed by atoms with Gasteiger partial charge in [0.25, 0.3) is 5.91 Å². The SMILES string of the molecule is COc1cc(C(=O)N(Cc2cccnc2)Cc2ccc(C)o2)cc(OC)c1OC. The fourth-order valence-corrected chi connectivity index (χ4v) is 3.06. The van der Waals surface area contributed by atoms with Gasteiger partial charge in [-0.05, 0) is 42.8 Å². The van der Waals surface area contributed by atoms with Gasteiger partial charge in [-0.3, -0.25) is 9.78 Å². The van der Waals surface area contributed by atoms with E-state index in [2.05, 4.69) is 4.98 Å². The Labute approximate surface area is 169 Å². The van der Waals surface area contributed by atoms with Crippen molar-refractivity contribution in [2.45, 2.75) is 20.0 Å². The van der Waals surface area contributed by atoms with E-state index < -0.39 is 0 Å². The second-order valence-electron chi connectivity index (χ2n) is 6.45. The zero-order valence-electron chi connectivity index (χ0n) is 17.0. The number of aryl methyl sites for hydroxylation is 1. The quantitative estimate of drug-likeness (QED) is 0.576. The molecule has 1 aromatic carbocycles. The summed E-state index contributed by atoms with van der Waals surface area (Å²) in [7, 11) is 4.56. The summed E-state index contributed by atoms with van der Waals surface area (Å²) in [5, 5.41) is 0. The highest BCUT2D eigenvalue weighted by Crippen LogP contribution is 2.38. The van der Waals surface area contributed by atoms with Gasteiger partial charge in [-0.2, -0.15) is 0 Å². The molecule has 0 N–H and O–H groups in total. The van der Waals surface area contributed by atoms with E-state index in [4.69, 9.17) is 18.6 Å². The molecule has 152 valence electrons. The average molecular weight is 396 g/mol. The molecule has 0 fully saturated rings. The van der Waals surface area contributed by atoms with Crippen LogP contribution in [0, 0.1) is 6.92 Å². The third-order valence-corrected chi connectivity index (χ3v) is 4.44. The molecule has 3 aromatic rings. The van der Waals surface area contributed by atoms with Gasteiger partial charge >= 0.3 is 0 Å². The lowest BCUT2D eigenvalue weighted by Gasteiger charge is -2.23. The third kappa shape index (κ3) is 4.68. The van der Waals surface area contributed by atoms with Crippen LogP contribution in [-0.2, 0) is 13.1 Å². The fraction of sp³-hybridized carbons (Fsp3) is 0.273. The molecule has 7 nitrogen and oxygen atoms in total. The predicted octanol–water partition coefficient (Wildman–Crippen LogP) is 3.85. The van der Waals surface area contributed by atoms with Crippen molar-refractivity contribution < 1.29 is 23.4 Å². The molecule has 0 aliphatic rings. The number of amides is 1. The summed E-state index contributed by atoms with van der Waals surface area (Å²) in [5.74, 6) is 2.58. The van der Waals surface area contributed by atoms with Crippen LogP contribution in [0.4, 0.5) is 0 Å². The van der Waals surface area contributed by atoms with Crippen LogP contribution in [0.25, 0.3) is 0 Å². The highest BCUT2D eigenvalue weighted by atomic mass is 16.5. The number of rotatable bonds is 8. The Morgan fingerprint density at radius 3 is 2.28 bits per heavy atom. The monoisotopic (exact) mass is 396 g/mol. The van der Waals surface area contributed by atoms with Gasteiger partial charge < -0.3 is 23.5 Å². The summed E-state index contributed by atoms with van der Waals surface area (Å²) >= 11 is 0. The molecule has 0 saturated heterocycles. The minimum atomic E-state index is -0.192. The van der Waals surface area contributed by atoms with Crippen LogP contribution in [-0.4, -0.2) is 37.1 Å². The van der Waals surface area contributed by atoms with Crippen LogP contribution in [0.3, 0.4) is 0 Å². The number of furan rings is 1. The van der Waals surface area contributed by atoms with Crippen molar-refractivity contribution in [3.05, 3.63) is 71.4 Å². The molecule has 0 bridgehead atoms. The third-order valence-electron chi connectivity index (χ3n) is 4.44. The number of hydrogen-bond acceptors (Lipinski definition) is 6. The molecular weight excluding hydrogens is 372 g/mol. The first-order valence-electron chi connectivity index (χ1n) is 9.09. The van der Waals surface area contributed by atoms with Crippen molar-refractivity contribution >= 4 is 5.91 Å². The first kappa shape index (κ1) is 20.3. The minimum Gasteiger partial charge on any atom is -0.493 e. The first-order chi connectivity index (χ1) is 14.0. The lowest BCUT2D eigenvalue weighted by atomic mass is 10.1. The smallest absolute Gasteiger partial charge is 0.254 e. The number of benzene rings is 1. The van der Waals surface area contributed by atoms with Gasteiger partial charge in [0.2, 0.25) is 5.75 Å². The first-order valence-corrected chi connectivity index (χ1v) is 9.09. The van der Waals surface area contributed by atoms with Crippen LogP contribution in [0.5, 0.6) is 17.2 Å². The molecule has 1 amide bonds. The summed E-state index contributed by atoms with van der Waals surface area (Å²) in [6, 6.07) is 10.8. The lowest BCUT2D eigenvalue weighted by Crippen LogP contribution is -2.30. The Morgan fingerprint density at radius 2 is 1.76 bits per heavy atom. The van der Waals surface area contributed by atoms with E-state index in [9.17, 15) is 4.79 Å². The summed E-state index contributed by atoms with van der Waals surface area (Å²) in [6.45, 7) is 2.57. The van der Waals surface area contributed by atoms with E-state index in [0.717, 1.165) is 11.3 Å². The van der Waals surface area contributed by atoms with Gasteiger partial charge in [0, 0.05) is 24.5 Å². The van der Waals surface area contributed by atoms with Crippen molar-refractivity contribution in [2.24, 2.45) is 0 Å². The van der Waals surface area contributed by atoms with Gasteiger partial charge in [0.15, 0.2) is 11.5 Å². The number of nitrogens with zero attached hydrogens (tertiary/aromatic N) is 2. The van der Waals surface area contributed by atoms with Crippen molar-refractivity contribution in [1.29, 1.82) is 0 Å². The Kier molecular flexibility index (Phi) is 6.39. The number of pyridine rings is 1. The highest BCUT2D eigenvalue weighted by Gasteiger charge is 2.22. The Morgan fingerprint density at radius 1 is 1.03 bits per heavy atom. The maximum Gasteiger partial charge on any atom is 0.254 e. The van der Waals surface area contributed by atoms with Crippen molar-refractivity contribution in [1.82, 2.24) is 9.88 Å². The normalized spacial score (nSPS) is 10.5. The molecule has 0 atom stereocenters. The summed E-state index contributed by atoms with van der Waals surface area (Å²) in [4.78, 5) is 19.2. The molecule has 0 saturated carbocycles. The summed E-state index contributed by atoms with van der Waals surface area (Å²) in [6.07, 6.45) is 3.44. The maximum absolute atomic E-state index is 13.4. The van der Waals surface area contributed by atoms with Crippen molar-refractivity contribution in [2.75, 3.05) is 21.3 Å². The van der Waals surface area contributed by atoms with Crippen LogP contribution in [0.1, 0.15) is 27.4 Å². The van der Waals surface area contributed by atoms with Crippen LogP contribution < -0.4 is 14.2 Å². The largest absolute Gasteiger partial charge is 0.493 e. The Hall–Kier alpha value is -3.48. The van der Waals surface area contributed by atoms with E-state index in [1.54, 1.807) is 29.4 Å². The average Bonchev–Trinajstić information content (AvgIpc) is 3.16. The fourth-order valence-electron chi connectivity index (χ4n) is 3.06. The zero-order chi connectivity index (χ0) is 20.8. The molecule has 2 heterocycles. The highest BCUT2D eigenvalue weighted by molar-refractivity contribution is 5.95. The topological polar surface area (TPSA) is 74.0 Å². The van der Waals surface area contributed by atoms with Crippen LogP contribution in [0.2, 0.25) is 0 Å². The number of hydrogen-bond donors (Lipinski definition) is 0. The van der Waals surface area contributed by atoms with Gasteiger partial charge in [-0.15, -0.1) is 0 Å². The van der Waals surface area contributed by atoms with Crippen molar-refractivity contribution in [3.63, 3.8) is 0 Å². The zero-order valence-corrected chi connectivity index (χ0v) is 17.0. The minimum absolute atomic E-state index is 0.192. The van der Waals surface area contributed by atoms with Crippen LogP contribution in [0.15, 0.2) is 53.2 Å². The molecule has 2 aromatic heterocycles. The molecule has 3 rings (SSSR count). The summed E-state index contributed by atoms with van der Waals surface area (Å²) < 4.78 is 21.8. The molecule has 0 spiro atoms. The van der Waals surface area contributed by atoms with E-state index in [1.807, 2.05) is 31.2 Å². The lowest BCUT2D eigenvalue weighted by molar-refractivity contribution is 0.0716. The predicted molar refractivity (Wildman–Crippen MR) is 107 cm³/mol. The van der Waals surface area contributed by atoms with E-state index in [0.29, 0.717) is 41.7 Å². The van der Waals surface area contributed by atoms with Gasteiger partial charge in [0.1, 0.15) is 11.5 Å². The molecule has 7 heteroatoms. The van der Waals surface area contributed by atoms with Crippen LogP contribution >= 0.6 is 0 Å². The Bertz CT molecular complexity index is 943. The second kappa shape index (κ2) is 9.14. The molecule has 0 aliphatic carbocycles. The Balaban J connectivity index is 1.97. The van der Waals surface area contributed by atoms with Gasteiger partial charge in [0.05, 0.1) is 27.9 Å². The van der Waals surface area contributed by atoms with Gasteiger partial charge in [-0.25, -0.2) is 0 Å². The van der Waals surface area contributed by atoms with E-state index in [1.165, 1.54) is 21.3 Å².